The van der Waals surface area contributed by atoms with Gasteiger partial charge in [0, 0.05) is 22.2 Å². The monoisotopic (exact) mass is 439 g/mol. The lowest BCUT2D eigenvalue weighted by atomic mass is 9.92. The van der Waals surface area contributed by atoms with Gasteiger partial charge in [-0.1, -0.05) is 60.5 Å². The smallest absolute Gasteiger partial charge is 0.394 e. The molecule has 6 nitrogen and oxygen atoms in total. The summed E-state index contributed by atoms with van der Waals surface area (Å²) in [6.07, 6.45) is 4.17. The lowest BCUT2D eigenvalue weighted by Crippen LogP contribution is -2.33. The van der Waals surface area contributed by atoms with Crippen LogP contribution >= 0.6 is 11.6 Å². The summed E-state index contributed by atoms with van der Waals surface area (Å²) in [6.45, 7) is -0.223. The average molecular weight is 440 g/mol. The highest BCUT2D eigenvalue weighted by Crippen LogP contribution is 2.36. The van der Waals surface area contributed by atoms with Gasteiger partial charge in [-0.25, -0.2) is 4.79 Å². The van der Waals surface area contributed by atoms with E-state index in [0.717, 1.165) is 53.9 Å². The van der Waals surface area contributed by atoms with E-state index < -0.39 is 12.1 Å². The molecular formula is C24H26ClN3O3. The summed E-state index contributed by atoms with van der Waals surface area (Å²) in [5.41, 5.74) is 3.97. The van der Waals surface area contributed by atoms with Crippen LogP contribution in [0.5, 0.6) is 5.88 Å². The van der Waals surface area contributed by atoms with Gasteiger partial charge in [-0.3, -0.25) is 5.10 Å². The van der Waals surface area contributed by atoms with E-state index in [9.17, 15) is 9.90 Å². The maximum atomic E-state index is 12.5. The lowest BCUT2D eigenvalue weighted by molar-refractivity contribution is 0.181. The minimum Gasteiger partial charge on any atom is -0.394 e. The number of benzene rings is 2. The molecule has 1 aliphatic carbocycles. The van der Waals surface area contributed by atoms with Crippen LogP contribution in [0.4, 0.5) is 4.79 Å². The lowest BCUT2D eigenvalue weighted by Gasteiger charge is -2.16. The topological polar surface area (TPSA) is 87.2 Å². The normalized spacial score (nSPS) is 16.8. The van der Waals surface area contributed by atoms with Gasteiger partial charge >= 0.3 is 6.09 Å². The number of aliphatic hydroxyl groups excluding tert-OH is 1. The predicted molar refractivity (Wildman–Crippen MR) is 119 cm³/mol. The number of aromatic amines is 1. The van der Waals surface area contributed by atoms with Crippen LogP contribution in [0, 0.1) is 0 Å². The molecule has 4 rings (SSSR count). The Labute approximate surface area is 186 Å². The molecule has 0 saturated carbocycles. The zero-order valence-electron chi connectivity index (χ0n) is 17.2. The number of H-pyrrole nitrogens is 1. The van der Waals surface area contributed by atoms with E-state index >= 15 is 0 Å². The van der Waals surface area contributed by atoms with Crippen molar-refractivity contribution in [1.29, 1.82) is 0 Å². The molecule has 1 aromatic heterocycles. The summed E-state index contributed by atoms with van der Waals surface area (Å²) in [6, 6.07) is 16.7. The molecule has 2 atom stereocenters. The molecule has 2 aromatic carbocycles. The van der Waals surface area contributed by atoms with Crippen molar-refractivity contribution < 1.29 is 14.6 Å². The van der Waals surface area contributed by atoms with Gasteiger partial charge in [-0.15, -0.1) is 5.10 Å². The van der Waals surface area contributed by atoms with Crippen LogP contribution in [0.3, 0.4) is 0 Å². The molecule has 0 radical (unpaired) electrons. The summed E-state index contributed by atoms with van der Waals surface area (Å²) in [5, 5.41) is 20.5. The number of ether oxygens (including phenoxy) is 1. The SMILES string of the molecule is O=C(N[C@H](CO)c1ccccc1)Oc1n[nH]c2c1CCCCC2Cc1cccc(Cl)c1. The fourth-order valence-corrected chi connectivity index (χ4v) is 4.41. The molecule has 1 amide bonds. The van der Waals surface area contributed by atoms with E-state index in [1.807, 2.05) is 48.5 Å². The zero-order valence-corrected chi connectivity index (χ0v) is 17.9. The third-order valence-electron chi connectivity index (χ3n) is 5.74. The number of hydrogen-bond acceptors (Lipinski definition) is 4. The Morgan fingerprint density at radius 3 is 2.84 bits per heavy atom. The first-order chi connectivity index (χ1) is 15.1. The second-order valence-electron chi connectivity index (χ2n) is 7.88. The summed E-state index contributed by atoms with van der Waals surface area (Å²) in [4.78, 5) is 12.5. The van der Waals surface area contributed by atoms with Gasteiger partial charge in [0.15, 0.2) is 0 Å². The molecule has 1 aliphatic rings. The van der Waals surface area contributed by atoms with Crippen molar-refractivity contribution in [1.82, 2.24) is 15.5 Å². The Kier molecular flexibility index (Phi) is 6.89. The number of aliphatic hydroxyl groups is 1. The van der Waals surface area contributed by atoms with Crippen LogP contribution in [-0.4, -0.2) is 28.0 Å². The number of nitrogens with one attached hydrogen (secondary N) is 2. The van der Waals surface area contributed by atoms with Gasteiger partial charge in [0.1, 0.15) is 0 Å². The quantitative estimate of drug-likeness (QED) is 0.475. The molecule has 0 aliphatic heterocycles. The highest BCUT2D eigenvalue weighted by molar-refractivity contribution is 6.30. The van der Waals surface area contributed by atoms with Crippen molar-refractivity contribution in [3.63, 3.8) is 0 Å². The van der Waals surface area contributed by atoms with Crippen LogP contribution in [0.15, 0.2) is 54.6 Å². The first-order valence-electron chi connectivity index (χ1n) is 10.6. The second-order valence-corrected chi connectivity index (χ2v) is 8.31. The number of carbonyl (C=O) groups is 1. The Balaban J connectivity index is 1.48. The first kappa shape index (κ1) is 21.4. The van der Waals surface area contributed by atoms with Gasteiger partial charge in [0.05, 0.1) is 12.6 Å². The molecule has 1 heterocycles. The van der Waals surface area contributed by atoms with Gasteiger partial charge < -0.3 is 15.2 Å². The fraction of sp³-hybridized carbons (Fsp3) is 0.333. The van der Waals surface area contributed by atoms with Crippen molar-refractivity contribution in [2.75, 3.05) is 6.61 Å². The number of carbonyl (C=O) groups excluding carboxylic acids is 1. The molecule has 1 unspecified atom stereocenters. The summed E-state index contributed by atoms with van der Waals surface area (Å²) < 4.78 is 5.56. The molecular weight excluding hydrogens is 414 g/mol. The predicted octanol–water partition coefficient (Wildman–Crippen LogP) is 4.94. The fourth-order valence-electron chi connectivity index (χ4n) is 4.19. The van der Waals surface area contributed by atoms with Crippen LogP contribution in [0.1, 0.15) is 53.6 Å². The summed E-state index contributed by atoms with van der Waals surface area (Å²) in [5.74, 6) is 0.577. The highest BCUT2D eigenvalue weighted by atomic mass is 35.5. The maximum Gasteiger partial charge on any atom is 0.414 e. The first-order valence-corrected chi connectivity index (χ1v) is 11.0. The third kappa shape index (κ3) is 5.27. The van der Waals surface area contributed by atoms with E-state index in [4.69, 9.17) is 16.3 Å². The Morgan fingerprint density at radius 1 is 1.23 bits per heavy atom. The second kappa shape index (κ2) is 9.98. The standard InChI is InChI=1S/C24H26ClN3O3/c25-19-11-6-7-16(14-19)13-18-10-4-5-12-20-22(18)27-28-23(20)31-24(30)26-21(15-29)17-8-2-1-3-9-17/h1-3,6-9,11,14,18,21,29H,4-5,10,12-13,15H2,(H,26,30)(H,27,28)/t18?,21-/m1/s1. The molecule has 0 saturated heterocycles. The van der Waals surface area contributed by atoms with E-state index in [1.165, 1.54) is 5.56 Å². The Hall–Kier alpha value is -2.83. The molecule has 7 heteroatoms. The summed E-state index contributed by atoms with van der Waals surface area (Å²) >= 11 is 6.15. The minimum absolute atomic E-state index is 0.223. The highest BCUT2D eigenvalue weighted by Gasteiger charge is 2.26. The molecule has 0 bridgehead atoms. The van der Waals surface area contributed by atoms with Crippen LogP contribution in [0.25, 0.3) is 0 Å². The average Bonchev–Trinajstić information content (AvgIpc) is 3.05. The Morgan fingerprint density at radius 2 is 2.06 bits per heavy atom. The molecule has 3 aromatic rings. The number of aromatic nitrogens is 2. The van der Waals surface area contributed by atoms with Crippen LogP contribution in [-0.2, 0) is 12.8 Å². The number of amides is 1. The van der Waals surface area contributed by atoms with Gasteiger partial charge in [-0.05, 0) is 48.9 Å². The largest absolute Gasteiger partial charge is 0.414 e. The van der Waals surface area contributed by atoms with Crippen molar-refractivity contribution in [3.05, 3.63) is 82.0 Å². The molecule has 0 fully saturated rings. The molecule has 0 spiro atoms. The number of rotatable bonds is 6. The van der Waals surface area contributed by atoms with Gasteiger partial charge in [-0.2, -0.15) is 0 Å². The van der Waals surface area contributed by atoms with Gasteiger partial charge in [0.2, 0.25) is 5.88 Å². The number of nitrogens with zero attached hydrogens (tertiary/aromatic N) is 1. The van der Waals surface area contributed by atoms with E-state index in [0.29, 0.717) is 5.88 Å². The van der Waals surface area contributed by atoms with Crippen molar-refractivity contribution >= 4 is 17.7 Å². The van der Waals surface area contributed by atoms with Crippen LogP contribution in [0.2, 0.25) is 5.02 Å². The van der Waals surface area contributed by atoms with Crippen molar-refractivity contribution in [2.45, 2.75) is 44.1 Å². The molecule has 31 heavy (non-hydrogen) atoms. The van der Waals surface area contributed by atoms with E-state index in [1.54, 1.807) is 0 Å². The third-order valence-corrected chi connectivity index (χ3v) is 5.97. The minimum atomic E-state index is -0.632. The molecule has 3 N–H and O–H groups in total. The Bertz CT molecular complexity index is 1020. The number of hydrogen-bond donors (Lipinski definition) is 3. The summed E-state index contributed by atoms with van der Waals surface area (Å²) in [7, 11) is 0. The van der Waals surface area contributed by atoms with Crippen molar-refractivity contribution in [3.8, 4) is 5.88 Å². The van der Waals surface area contributed by atoms with E-state index in [2.05, 4.69) is 21.6 Å². The number of halogens is 1. The number of fused-ring (bicyclic) bond motifs is 1. The zero-order chi connectivity index (χ0) is 21.6. The van der Waals surface area contributed by atoms with Crippen LogP contribution < -0.4 is 10.1 Å². The molecule has 162 valence electrons. The van der Waals surface area contributed by atoms with E-state index in [-0.39, 0.29) is 12.5 Å². The van der Waals surface area contributed by atoms with Crippen molar-refractivity contribution in [2.24, 2.45) is 0 Å². The van der Waals surface area contributed by atoms with Gasteiger partial charge in [0.25, 0.3) is 0 Å². The maximum absolute atomic E-state index is 12.5.